The first-order chi connectivity index (χ1) is 13.3. The van der Waals surface area contributed by atoms with Gasteiger partial charge in [0.25, 0.3) is 11.8 Å². The lowest BCUT2D eigenvalue weighted by molar-refractivity contribution is 0.0667. The molecule has 1 aliphatic heterocycles. The van der Waals surface area contributed by atoms with E-state index in [1.807, 2.05) is 0 Å². The van der Waals surface area contributed by atoms with Crippen LogP contribution < -0.4 is 5.32 Å². The van der Waals surface area contributed by atoms with Crippen LogP contribution in [0.4, 0.5) is 8.78 Å². The molecule has 0 atom stereocenters. The van der Waals surface area contributed by atoms with E-state index in [9.17, 15) is 26.8 Å². The monoisotopic (exact) mass is 412 g/mol. The molecule has 7 nitrogen and oxygen atoms in total. The topological polar surface area (TPSA) is 96.7 Å². The zero-order valence-corrected chi connectivity index (χ0v) is 15.5. The summed E-state index contributed by atoms with van der Waals surface area (Å²) in [6, 6.07) is 7.44. The van der Waals surface area contributed by atoms with E-state index in [4.69, 9.17) is 4.42 Å². The zero-order chi connectivity index (χ0) is 20.3. The molecule has 0 radical (unpaired) electrons. The van der Waals surface area contributed by atoms with E-state index in [0.29, 0.717) is 25.9 Å². The first kappa shape index (κ1) is 20.0. The van der Waals surface area contributed by atoms with E-state index in [-0.39, 0.29) is 23.3 Å². The number of carbonyl (C=O) groups is 2. The number of alkyl halides is 2. The van der Waals surface area contributed by atoms with Gasteiger partial charge in [-0.05, 0) is 49.2 Å². The molecule has 0 spiro atoms. The van der Waals surface area contributed by atoms with E-state index in [1.165, 1.54) is 18.4 Å². The highest BCUT2D eigenvalue weighted by molar-refractivity contribution is 7.91. The second kappa shape index (κ2) is 8.09. The molecule has 1 aromatic heterocycles. The van der Waals surface area contributed by atoms with Crippen LogP contribution in [-0.2, 0) is 9.84 Å². The quantitative estimate of drug-likeness (QED) is 0.813. The van der Waals surface area contributed by atoms with Crippen LogP contribution >= 0.6 is 0 Å². The molecule has 150 valence electrons. The lowest BCUT2D eigenvalue weighted by Crippen LogP contribution is -2.46. The predicted molar refractivity (Wildman–Crippen MR) is 94.7 cm³/mol. The molecule has 0 aliphatic carbocycles. The molecule has 0 saturated carbocycles. The summed E-state index contributed by atoms with van der Waals surface area (Å²) in [7, 11) is -4.69. The van der Waals surface area contributed by atoms with Crippen LogP contribution in [0.3, 0.4) is 0 Å². The fourth-order valence-corrected chi connectivity index (χ4v) is 3.67. The predicted octanol–water partition coefficient (Wildman–Crippen LogP) is 2.31. The third-order valence-electron chi connectivity index (χ3n) is 4.53. The molecule has 2 aromatic rings. The van der Waals surface area contributed by atoms with Gasteiger partial charge in [0, 0.05) is 24.7 Å². The van der Waals surface area contributed by atoms with Crippen molar-refractivity contribution < 1.29 is 31.2 Å². The van der Waals surface area contributed by atoms with E-state index >= 15 is 0 Å². The van der Waals surface area contributed by atoms with Crippen molar-refractivity contribution in [1.82, 2.24) is 10.2 Å². The summed E-state index contributed by atoms with van der Waals surface area (Å²) in [4.78, 5) is 25.6. The smallest absolute Gasteiger partial charge is 0.341 e. The van der Waals surface area contributed by atoms with Gasteiger partial charge in [-0.15, -0.1) is 0 Å². The van der Waals surface area contributed by atoms with Gasteiger partial charge in [0.05, 0.1) is 11.2 Å². The summed E-state index contributed by atoms with van der Waals surface area (Å²) >= 11 is 0. The number of halogens is 2. The first-order valence-corrected chi connectivity index (χ1v) is 10.1. The van der Waals surface area contributed by atoms with Crippen molar-refractivity contribution in [3.8, 4) is 0 Å². The number of benzene rings is 1. The summed E-state index contributed by atoms with van der Waals surface area (Å²) < 4.78 is 53.0. The number of likely N-dealkylation sites (tertiary alicyclic amines) is 1. The van der Waals surface area contributed by atoms with Gasteiger partial charge in [0.15, 0.2) is 5.76 Å². The second-order valence-electron chi connectivity index (χ2n) is 6.35. The van der Waals surface area contributed by atoms with Crippen molar-refractivity contribution in [3.05, 3.63) is 54.0 Å². The minimum atomic E-state index is -4.69. The fourth-order valence-electron chi connectivity index (χ4n) is 2.95. The van der Waals surface area contributed by atoms with Crippen LogP contribution in [0.15, 0.2) is 52.0 Å². The minimum absolute atomic E-state index is 0.155. The molecular weight excluding hydrogens is 394 g/mol. The summed E-state index contributed by atoms with van der Waals surface area (Å²) in [5, 5.41) is 2.81. The molecule has 2 heterocycles. The van der Waals surface area contributed by atoms with Crippen LogP contribution in [0.25, 0.3) is 0 Å². The highest BCUT2D eigenvalue weighted by Crippen LogP contribution is 2.19. The van der Waals surface area contributed by atoms with Gasteiger partial charge in [-0.3, -0.25) is 9.59 Å². The number of amides is 2. The number of hydrogen-bond acceptors (Lipinski definition) is 5. The number of hydrogen-bond donors (Lipinski definition) is 1. The Bertz CT molecular complexity index is 935. The number of carbonyl (C=O) groups excluding carboxylic acids is 2. The van der Waals surface area contributed by atoms with E-state index in [2.05, 4.69) is 5.32 Å². The van der Waals surface area contributed by atoms with Gasteiger partial charge >= 0.3 is 5.76 Å². The van der Waals surface area contributed by atoms with Gasteiger partial charge in [0.1, 0.15) is 0 Å². The summed E-state index contributed by atoms with van der Waals surface area (Å²) in [6.07, 6.45) is 2.53. The molecule has 28 heavy (non-hydrogen) atoms. The highest BCUT2D eigenvalue weighted by Gasteiger charge is 2.28. The largest absolute Gasteiger partial charge is 0.459 e. The zero-order valence-electron chi connectivity index (χ0n) is 14.7. The molecular formula is C18H18F2N2O5S. The molecule has 1 fully saturated rings. The van der Waals surface area contributed by atoms with Gasteiger partial charge in [-0.25, -0.2) is 8.42 Å². The average Bonchev–Trinajstić information content (AvgIpc) is 3.23. The Morgan fingerprint density at radius 1 is 1.11 bits per heavy atom. The van der Waals surface area contributed by atoms with Crippen molar-refractivity contribution in [3.63, 3.8) is 0 Å². The van der Waals surface area contributed by atoms with Crippen molar-refractivity contribution in [2.75, 3.05) is 13.1 Å². The fraction of sp³-hybridized carbons (Fsp3) is 0.333. The molecule has 10 heteroatoms. The number of sulfone groups is 1. The lowest BCUT2D eigenvalue weighted by atomic mass is 10.0. The van der Waals surface area contributed by atoms with Gasteiger partial charge < -0.3 is 14.6 Å². The SMILES string of the molecule is O=C(NC1CCN(C(=O)c2ccco2)CC1)c1ccc(S(=O)(=O)C(F)F)cc1. The van der Waals surface area contributed by atoms with Gasteiger partial charge in [0.2, 0.25) is 9.84 Å². The Morgan fingerprint density at radius 3 is 2.29 bits per heavy atom. The Kier molecular flexibility index (Phi) is 5.78. The minimum Gasteiger partial charge on any atom is -0.459 e. The first-order valence-electron chi connectivity index (χ1n) is 8.55. The van der Waals surface area contributed by atoms with Crippen LogP contribution in [-0.4, -0.2) is 50.0 Å². The maximum absolute atomic E-state index is 12.5. The maximum atomic E-state index is 12.5. The maximum Gasteiger partial charge on any atom is 0.341 e. The summed E-state index contributed by atoms with van der Waals surface area (Å²) in [5.41, 5.74) is 0.169. The molecule has 1 saturated heterocycles. The molecule has 0 bridgehead atoms. The Labute approximate surface area is 160 Å². The third-order valence-corrected chi connectivity index (χ3v) is 5.93. The third kappa shape index (κ3) is 4.22. The number of piperidine rings is 1. The molecule has 1 aromatic carbocycles. The van der Waals surface area contributed by atoms with E-state index in [1.54, 1.807) is 17.0 Å². The van der Waals surface area contributed by atoms with Crippen molar-refractivity contribution in [2.45, 2.75) is 29.5 Å². The number of nitrogens with zero attached hydrogens (tertiary/aromatic N) is 1. The van der Waals surface area contributed by atoms with Gasteiger partial charge in [-0.1, -0.05) is 0 Å². The summed E-state index contributed by atoms with van der Waals surface area (Å²) in [6.45, 7) is 0.909. The number of furan rings is 1. The Hall–Kier alpha value is -2.75. The molecule has 3 rings (SSSR count). The molecule has 1 N–H and O–H groups in total. The van der Waals surface area contributed by atoms with Crippen LogP contribution in [0.1, 0.15) is 33.8 Å². The standard InChI is InChI=1S/C18H18F2N2O5S/c19-18(20)28(25,26)14-5-3-12(4-6-14)16(23)21-13-7-9-22(10-8-13)17(24)15-2-1-11-27-15/h1-6,11,13,18H,7-10H2,(H,21,23). The van der Waals surface area contributed by atoms with Gasteiger partial charge in [-0.2, -0.15) is 8.78 Å². The summed E-state index contributed by atoms with van der Waals surface area (Å²) in [5.74, 6) is -3.88. The Morgan fingerprint density at radius 2 is 1.75 bits per heavy atom. The van der Waals surface area contributed by atoms with Crippen LogP contribution in [0.2, 0.25) is 0 Å². The average molecular weight is 412 g/mol. The molecule has 1 aliphatic rings. The highest BCUT2D eigenvalue weighted by atomic mass is 32.2. The second-order valence-corrected chi connectivity index (χ2v) is 8.27. The number of rotatable bonds is 5. The van der Waals surface area contributed by atoms with Crippen LogP contribution in [0, 0.1) is 0 Å². The van der Waals surface area contributed by atoms with E-state index in [0.717, 1.165) is 12.1 Å². The van der Waals surface area contributed by atoms with Crippen LogP contribution in [0.5, 0.6) is 0 Å². The Balaban J connectivity index is 1.55. The van der Waals surface area contributed by atoms with Crippen molar-refractivity contribution in [2.24, 2.45) is 0 Å². The normalized spacial score (nSPS) is 15.6. The lowest BCUT2D eigenvalue weighted by Gasteiger charge is -2.31. The van der Waals surface area contributed by atoms with E-state index < -0.39 is 26.4 Å². The molecule has 2 amide bonds. The number of nitrogens with one attached hydrogen (secondary N) is 1. The van der Waals surface area contributed by atoms with Crippen molar-refractivity contribution in [1.29, 1.82) is 0 Å². The van der Waals surface area contributed by atoms with Crippen molar-refractivity contribution >= 4 is 21.7 Å². The molecule has 0 unspecified atom stereocenters.